The van der Waals surface area contributed by atoms with E-state index in [1.807, 2.05) is 12.1 Å². The third-order valence-corrected chi connectivity index (χ3v) is 2.09. The summed E-state index contributed by atoms with van der Waals surface area (Å²) in [5, 5.41) is 0.862. The van der Waals surface area contributed by atoms with E-state index in [-0.39, 0.29) is 11.2 Å². The molecule has 1 heterocycles. The van der Waals surface area contributed by atoms with Gasteiger partial charge in [0.05, 0.1) is 18.3 Å². The Morgan fingerprint density at radius 2 is 2.21 bits per heavy atom. The summed E-state index contributed by atoms with van der Waals surface area (Å²) in [6.07, 6.45) is 0. The van der Waals surface area contributed by atoms with Gasteiger partial charge >= 0.3 is 0 Å². The van der Waals surface area contributed by atoms with Gasteiger partial charge in [-0.25, -0.2) is 0 Å². The Hall–Kier alpha value is -1.97. The molecule has 2 aromatic rings. The van der Waals surface area contributed by atoms with Gasteiger partial charge in [0.2, 0.25) is 0 Å². The van der Waals surface area contributed by atoms with Gasteiger partial charge < -0.3 is 15.5 Å². The van der Waals surface area contributed by atoms with Crippen LogP contribution in [0, 0.1) is 0 Å². The van der Waals surface area contributed by atoms with Gasteiger partial charge in [0.25, 0.3) is 5.56 Å². The van der Waals surface area contributed by atoms with E-state index in [0.717, 1.165) is 5.39 Å². The summed E-state index contributed by atoms with van der Waals surface area (Å²) < 4.78 is 5.11. The zero-order chi connectivity index (χ0) is 10.1. The maximum atomic E-state index is 11.3. The van der Waals surface area contributed by atoms with Crippen molar-refractivity contribution in [2.75, 3.05) is 12.8 Å². The molecule has 4 heteroatoms. The zero-order valence-corrected chi connectivity index (χ0v) is 7.70. The fourth-order valence-corrected chi connectivity index (χ4v) is 1.39. The lowest BCUT2D eigenvalue weighted by Gasteiger charge is -2.04. The van der Waals surface area contributed by atoms with Crippen molar-refractivity contribution in [2.24, 2.45) is 0 Å². The smallest absolute Gasteiger partial charge is 0.271 e. The highest BCUT2D eigenvalue weighted by molar-refractivity contribution is 5.86. The number of aromatic amines is 1. The lowest BCUT2D eigenvalue weighted by atomic mass is 10.2. The van der Waals surface area contributed by atoms with Crippen LogP contribution in [0.2, 0.25) is 0 Å². The average molecular weight is 190 g/mol. The lowest BCUT2D eigenvalue weighted by molar-refractivity contribution is 0.419. The molecular formula is C10H10N2O2. The molecule has 0 saturated heterocycles. The first-order valence-electron chi connectivity index (χ1n) is 4.18. The van der Waals surface area contributed by atoms with Gasteiger partial charge in [0.1, 0.15) is 5.75 Å². The van der Waals surface area contributed by atoms with Crippen molar-refractivity contribution in [1.29, 1.82) is 0 Å². The maximum Gasteiger partial charge on any atom is 0.271 e. The minimum absolute atomic E-state index is 0.214. The van der Waals surface area contributed by atoms with E-state index >= 15 is 0 Å². The van der Waals surface area contributed by atoms with E-state index in [1.54, 1.807) is 19.2 Å². The first-order valence-corrected chi connectivity index (χ1v) is 4.18. The summed E-state index contributed by atoms with van der Waals surface area (Å²) >= 11 is 0. The Labute approximate surface area is 80.3 Å². The van der Waals surface area contributed by atoms with Gasteiger partial charge in [-0.3, -0.25) is 4.79 Å². The monoisotopic (exact) mass is 190 g/mol. The number of nitrogen functional groups attached to an aromatic ring is 1. The van der Waals surface area contributed by atoms with Gasteiger partial charge in [0.15, 0.2) is 0 Å². The highest BCUT2D eigenvalue weighted by Crippen LogP contribution is 2.22. The van der Waals surface area contributed by atoms with Crippen LogP contribution in [0.15, 0.2) is 29.1 Å². The molecule has 0 bridgehead atoms. The average Bonchev–Trinajstić information content (AvgIpc) is 2.19. The normalized spacial score (nSPS) is 10.4. The number of pyridine rings is 1. The van der Waals surface area contributed by atoms with Crippen molar-refractivity contribution in [2.45, 2.75) is 0 Å². The van der Waals surface area contributed by atoms with Crippen LogP contribution in [0.5, 0.6) is 5.75 Å². The second kappa shape index (κ2) is 3.06. The molecule has 1 aromatic carbocycles. The molecule has 0 aliphatic carbocycles. The number of aromatic nitrogens is 1. The largest absolute Gasteiger partial charge is 0.495 e. The van der Waals surface area contributed by atoms with Crippen molar-refractivity contribution < 1.29 is 4.74 Å². The van der Waals surface area contributed by atoms with Crippen LogP contribution in [0.1, 0.15) is 0 Å². The molecule has 0 aliphatic heterocycles. The molecule has 14 heavy (non-hydrogen) atoms. The number of H-pyrrole nitrogens is 1. The Balaban J connectivity index is 2.88. The Kier molecular flexibility index (Phi) is 1.89. The van der Waals surface area contributed by atoms with E-state index in [1.165, 1.54) is 0 Å². The van der Waals surface area contributed by atoms with Crippen molar-refractivity contribution in [3.63, 3.8) is 0 Å². The highest BCUT2D eigenvalue weighted by atomic mass is 16.5. The number of nitrogens with one attached hydrogen (secondary N) is 1. The first kappa shape index (κ1) is 8.62. The van der Waals surface area contributed by atoms with E-state index in [2.05, 4.69) is 4.98 Å². The van der Waals surface area contributed by atoms with E-state index in [0.29, 0.717) is 11.3 Å². The van der Waals surface area contributed by atoms with Gasteiger partial charge in [-0.2, -0.15) is 0 Å². The van der Waals surface area contributed by atoms with Gasteiger partial charge in [-0.05, 0) is 12.1 Å². The third-order valence-electron chi connectivity index (χ3n) is 2.09. The summed E-state index contributed by atoms with van der Waals surface area (Å²) in [5.74, 6) is 0.639. The number of hydrogen-bond acceptors (Lipinski definition) is 3. The number of anilines is 1. The van der Waals surface area contributed by atoms with Crippen LogP contribution in [0.3, 0.4) is 0 Å². The molecule has 72 valence electrons. The SMILES string of the molecule is COc1cccc2cc(N)c(=O)[nH]c12. The molecule has 0 radical (unpaired) electrons. The number of ether oxygens (including phenoxy) is 1. The molecule has 0 saturated carbocycles. The standard InChI is InChI=1S/C10H10N2O2/c1-14-8-4-2-3-6-5-7(11)10(13)12-9(6)8/h2-5H,11H2,1H3,(H,12,13). The van der Waals surface area contributed by atoms with E-state index in [9.17, 15) is 4.79 Å². The molecule has 1 aromatic heterocycles. The summed E-state index contributed by atoms with van der Waals surface area (Å²) in [6, 6.07) is 7.13. The molecule has 3 N–H and O–H groups in total. The molecule has 2 rings (SSSR count). The van der Waals surface area contributed by atoms with E-state index in [4.69, 9.17) is 10.5 Å². The van der Waals surface area contributed by atoms with Crippen LogP contribution < -0.4 is 16.0 Å². The Morgan fingerprint density at radius 3 is 2.93 bits per heavy atom. The Morgan fingerprint density at radius 1 is 1.43 bits per heavy atom. The number of fused-ring (bicyclic) bond motifs is 1. The van der Waals surface area contributed by atoms with Crippen LogP contribution in [0.4, 0.5) is 5.69 Å². The summed E-state index contributed by atoms with van der Waals surface area (Å²) in [6.45, 7) is 0. The molecule has 4 nitrogen and oxygen atoms in total. The third kappa shape index (κ3) is 1.21. The summed E-state index contributed by atoms with van der Waals surface area (Å²) in [7, 11) is 1.56. The number of benzene rings is 1. The van der Waals surface area contributed by atoms with E-state index < -0.39 is 0 Å². The van der Waals surface area contributed by atoms with Crippen LogP contribution in [-0.4, -0.2) is 12.1 Å². The van der Waals surface area contributed by atoms with Crippen LogP contribution in [0.25, 0.3) is 10.9 Å². The topological polar surface area (TPSA) is 68.1 Å². The second-order valence-electron chi connectivity index (χ2n) is 2.98. The number of hydrogen-bond donors (Lipinski definition) is 2. The van der Waals surface area contributed by atoms with Gasteiger partial charge in [-0.15, -0.1) is 0 Å². The van der Waals surface area contributed by atoms with Crippen LogP contribution in [-0.2, 0) is 0 Å². The molecule has 0 fully saturated rings. The number of nitrogens with two attached hydrogens (primary N) is 1. The second-order valence-corrected chi connectivity index (χ2v) is 2.98. The minimum atomic E-state index is -0.290. The molecule has 0 aliphatic rings. The number of para-hydroxylation sites is 1. The molecule has 0 atom stereocenters. The maximum absolute atomic E-state index is 11.3. The van der Waals surface area contributed by atoms with Crippen molar-refractivity contribution in [3.05, 3.63) is 34.6 Å². The number of methoxy groups -OCH3 is 1. The fourth-order valence-electron chi connectivity index (χ4n) is 1.39. The zero-order valence-electron chi connectivity index (χ0n) is 7.70. The number of rotatable bonds is 1. The molecule has 0 unspecified atom stereocenters. The fraction of sp³-hybridized carbons (Fsp3) is 0.100. The summed E-state index contributed by atoms with van der Waals surface area (Å²) in [4.78, 5) is 13.9. The van der Waals surface area contributed by atoms with Crippen molar-refractivity contribution in [3.8, 4) is 5.75 Å². The van der Waals surface area contributed by atoms with Gasteiger partial charge in [0, 0.05) is 5.39 Å². The minimum Gasteiger partial charge on any atom is -0.495 e. The molecule has 0 amide bonds. The lowest BCUT2D eigenvalue weighted by Crippen LogP contribution is -2.11. The van der Waals surface area contributed by atoms with Crippen LogP contribution >= 0.6 is 0 Å². The highest BCUT2D eigenvalue weighted by Gasteiger charge is 2.03. The molecule has 0 spiro atoms. The van der Waals surface area contributed by atoms with Gasteiger partial charge in [-0.1, -0.05) is 12.1 Å². The first-order chi connectivity index (χ1) is 6.72. The van der Waals surface area contributed by atoms with Crippen molar-refractivity contribution in [1.82, 2.24) is 4.98 Å². The molecular weight excluding hydrogens is 180 g/mol. The predicted octanol–water partition coefficient (Wildman–Crippen LogP) is 1.12. The van der Waals surface area contributed by atoms with Crippen molar-refractivity contribution >= 4 is 16.6 Å². The quantitative estimate of drug-likeness (QED) is 0.708. The predicted molar refractivity (Wildman–Crippen MR) is 55.5 cm³/mol. The summed E-state index contributed by atoms with van der Waals surface area (Å²) in [5.41, 5.74) is 6.09. The Bertz CT molecular complexity index is 531.